The molecule has 0 spiro atoms. The van der Waals surface area contributed by atoms with E-state index >= 15 is 0 Å². The lowest BCUT2D eigenvalue weighted by Gasteiger charge is -2.36. The normalized spacial score (nSPS) is 18.8. The second kappa shape index (κ2) is 5.72. The van der Waals surface area contributed by atoms with Gasteiger partial charge in [0, 0.05) is 17.6 Å². The van der Waals surface area contributed by atoms with Crippen molar-refractivity contribution >= 4 is 0 Å². The van der Waals surface area contributed by atoms with E-state index in [1.165, 1.54) is 19.3 Å². The van der Waals surface area contributed by atoms with Gasteiger partial charge in [-0.3, -0.25) is 0 Å². The maximum Gasteiger partial charge on any atom is 0.120 e. The predicted molar refractivity (Wildman–Crippen MR) is 72.6 cm³/mol. The van der Waals surface area contributed by atoms with E-state index in [0.29, 0.717) is 12.3 Å². The van der Waals surface area contributed by atoms with E-state index in [9.17, 15) is 10.2 Å². The van der Waals surface area contributed by atoms with Crippen LogP contribution in [0, 0.1) is 6.92 Å². The van der Waals surface area contributed by atoms with Gasteiger partial charge in [-0.15, -0.1) is 0 Å². The summed E-state index contributed by atoms with van der Waals surface area (Å²) in [6, 6.07) is 5.64. The third-order valence-electron chi connectivity index (χ3n) is 4.00. The number of hydrogen-bond donors (Lipinski definition) is 3. The Balaban J connectivity index is 2.03. The van der Waals surface area contributed by atoms with Crippen molar-refractivity contribution in [3.05, 3.63) is 29.3 Å². The first-order valence-corrected chi connectivity index (χ1v) is 6.80. The van der Waals surface area contributed by atoms with Crippen molar-refractivity contribution in [3.63, 3.8) is 0 Å². The van der Waals surface area contributed by atoms with Gasteiger partial charge in [-0.1, -0.05) is 37.0 Å². The summed E-state index contributed by atoms with van der Waals surface area (Å²) < 4.78 is 0. The first kappa shape index (κ1) is 13.4. The molecular weight excluding hydrogens is 226 g/mol. The van der Waals surface area contributed by atoms with Crippen LogP contribution in [0.1, 0.15) is 43.2 Å². The van der Waals surface area contributed by atoms with E-state index in [-0.39, 0.29) is 12.1 Å². The van der Waals surface area contributed by atoms with Gasteiger partial charge in [-0.25, -0.2) is 0 Å². The Morgan fingerprint density at radius 2 is 1.94 bits per heavy atom. The number of aliphatic hydroxyl groups excluding tert-OH is 1. The van der Waals surface area contributed by atoms with Crippen LogP contribution in [0.25, 0.3) is 0 Å². The summed E-state index contributed by atoms with van der Waals surface area (Å²) in [7, 11) is 0. The van der Waals surface area contributed by atoms with Crippen molar-refractivity contribution in [3.8, 4) is 5.75 Å². The van der Waals surface area contributed by atoms with E-state index in [2.05, 4.69) is 5.32 Å². The summed E-state index contributed by atoms with van der Waals surface area (Å²) in [6.07, 6.45) is 5.66. The number of nitrogens with one attached hydrogen (secondary N) is 1. The Labute approximate surface area is 109 Å². The standard InChI is InChI=1S/C15H23NO2/c1-12-5-6-14(18)13(9-12)10-16-15(11-17)7-3-2-4-8-15/h5-6,9,16-18H,2-4,7-8,10-11H2,1H3. The minimum atomic E-state index is -0.144. The maximum absolute atomic E-state index is 9.82. The molecule has 0 radical (unpaired) electrons. The second-order valence-electron chi connectivity index (χ2n) is 5.48. The predicted octanol–water partition coefficient (Wildman–Crippen LogP) is 2.49. The molecule has 0 aromatic heterocycles. The summed E-state index contributed by atoms with van der Waals surface area (Å²) in [5.74, 6) is 0.331. The van der Waals surface area contributed by atoms with Crippen LogP contribution in [-0.2, 0) is 6.54 Å². The van der Waals surface area contributed by atoms with Gasteiger partial charge in [0.15, 0.2) is 0 Å². The lowest BCUT2D eigenvalue weighted by molar-refractivity contribution is 0.119. The Kier molecular flexibility index (Phi) is 4.25. The van der Waals surface area contributed by atoms with Crippen LogP contribution in [0.15, 0.2) is 18.2 Å². The van der Waals surface area contributed by atoms with Crippen LogP contribution in [0.3, 0.4) is 0 Å². The molecule has 3 N–H and O–H groups in total. The van der Waals surface area contributed by atoms with Crippen molar-refractivity contribution in [2.24, 2.45) is 0 Å². The van der Waals surface area contributed by atoms with E-state index < -0.39 is 0 Å². The second-order valence-corrected chi connectivity index (χ2v) is 5.48. The lowest BCUT2D eigenvalue weighted by atomic mass is 9.82. The largest absolute Gasteiger partial charge is 0.508 e. The van der Waals surface area contributed by atoms with Crippen LogP contribution in [-0.4, -0.2) is 22.4 Å². The molecule has 18 heavy (non-hydrogen) atoms. The van der Waals surface area contributed by atoms with Crippen molar-refractivity contribution in [2.45, 2.75) is 51.1 Å². The molecule has 1 saturated carbocycles. The smallest absolute Gasteiger partial charge is 0.120 e. The molecule has 1 aliphatic rings. The van der Waals surface area contributed by atoms with Crippen LogP contribution < -0.4 is 5.32 Å². The first-order chi connectivity index (χ1) is 8.65. The molecule has 3 nitrogen and oxygen atoms in total. The zero-order valence-electron chi connectivity index (χ0n) is 11.1. The van der Waals surface area contributed by atoms with Gasteiger partial charge in [0.1, 0.15) is 5.75 Å². The monoisotopic (exact) mass is 249 g/mol. The van der Waals surface area contributed by atoms with Crippen LogP contribution in [0.2, 0.25) is 0 Å². The summed E-state index contributed by atoms with van der Waals surface area (Å²) in [5.41, 5.74) is 1.91. The molecule has 0 heterocycles. The zero-order chi connectivity index (χ0) is 13.0. The number of hydrogen-bond acceptors (Lipinski definition) is 3. The third-order valence-corrected chi connectivity index (χ3v) is 4.00. The average Bonchev–Trinajstić information content (AvgIpc) is 2.41. The van der Waals surface area contributed by atoms with E-state index in [1.54, 1.807) is 6.07 Å². The quantitative estimate of drug-likeness (QED) is 0.768. The highest BCUT2D eigenvalue weighted by Crippen LogP contribution is 2.29. The van der Waals surface area contributed by atoms with Gasteiger partial charge in [-0.2, -0.15) is 0 Å². The number of phenols is 1. The Bertz CT molecular complexity index is 397. The van der Waals surface area contributed by atoms with Crippen molar-refractivity contribution in [1.82, 2.24) is 5.32 Å². The fourth-order valence-electron chi connectivity index (χ4n) is 2.76. The summed E-state index contributed by atoms with van der Waals surface area (Å²) in [4.78, 5) is 0. The van der Waals surface area contributed by atoms with Gasteiger partial charge in [0.25, 0.3) is 0 Å². The maximum atomic E-state index is 9.82. The fraction of sp³-hybridized carbons (Fsp3) is 0.600. The molecule has 2 rings (SSSR count). The Hall–Kier alpha value is -1.06. The summed E-state index contributed by atoms with van der Waals surface area (Å²) >= 11 is 0. The Morgan fingerprint density at radius 3 is 2.61 bits per heavy atom. The first-order valence-electron chi connectivity index (χ1n) is 6.80. The molecular formula is C15H23NO2. The molecule has 100 valence electrons. The van der Waals surface area contributed by atoms with Crippen molar-refractivity contribution < 1.29 is 10.2 Å². The molecule has 0 saturated heterocycles. The number of aryl methyl sites for hydroxylation is 1. The molecule has 1 aliphatic carbocycles. The van der Waals surface area contributed by atoms with Crippen molar-refractivity contribution in [1.29, 1.82) is 0 Å². The highest BCUT2D eigenvalue weighted by atomic mass is 16.3. The number of aliphatic hydroxyl groups is 1. The van der Waals surface area contributed by atoms with Gasteiger partial charge in [0.05, 0.1) is 6.61 Å². The topological polar surface area (TPSA) is 52.5 Å². The highest BCUT2D eigenvalue weighted by molar-refractivity contribution is 5.35. The van der Waals surface area contributed by atoms with E-state index in [4.69, 9.17) is 0 Å². The van der Waals surface area contributed by atoms with Gasteiger partial charge in [0.2, 0.25) is 0 Å². The molecule has 0 aliphatic heterocycles. The molecule has 3 heteroatoms. The van der Waals surface area contributed by atoms with E-state index in [1.807, 2.05) is 19.1 Å². The van der Waals surface area contributed by atoms with Crippen molar-refractivity contribution in [2.75, 3.05) is 6.61 Å². The van der Waals surface area contributed by atoms with Crippen LogP contribution >= 0.6 is 0 Å². The average molecular weight is 249 g/mol. The molecule has 1 fully saturated rings. The number of phenolic OH excluding ortho intramolecular Hbond substituents is 1. The van der Waals surface area contributed by atoms with Gasteiger partial charge in [-0.05, 0) is 25.8 Å². The molecule has 0 atom stereocenters. The van der Waals surface area contributed by atoms with E-state index in [0.717, 1.165) is 24.0 Å². The minimum Gasteiger partial charge on any atom is -0.508 e. The number of aromatic hydroxyl groups is 1. The SMILES string of the molecule is Cc1ccc(O)c(CNC2(CO)CCCCC2)c1. The molecule has 0 amide bonds. The third kappa shape index (κ3) is 3.03. The highest BCUT2D eigenvalue weighted by Gasteiger charge is 2.30. The zero-order valence-corrected chi connectivity index (χ0v) is 11.1. The van der Waals surface area contributed by atoms with Gasteiger partial charge < -0.3 is 15.5 Å². The minimum absolute atomic E-state index is 0.144. The summed E-state index contributed by atoms with van der Waals surface area (Å²) in [5, 5.41) is 22.9. The Morgan fingerprint density at radius 1 is 1.22 bits per heavy atom. The fourth-order valence-corrected chi connectivity index (χ4v) is 2.76. The number of rotatable bonds is 4. The summed E-state index contributed by atoms with van der Waals surface area (Å²) in [6.45, 7) is 2.82. The molecule has 0 bridgehead atoms. The molecule has 1 aromatic rings. The lowest BCUT2D eigenvalue weighted by Crippen LogP contribution is -2.49. The molecule has 0 unspecified atom stereocenters. The van der Waals surface area contributed by atoms with Crippen LogP contribution in [0.4, 0.5) is 0 Å². The molecule has 1 aromatic carbocycles. The number of benzene rings is 1. The van der Waals surface area contributed by atoms with Crippen LogP contribution in [0.5, 0.6) is 5.75 Å². The van der Waals surface area contributed by atoms with Gasteiger partial charge >= 0.3 is 0 Å².